The fraction of sp³-hybridized carbons (Fsp3) is 1.00. The van der Waals surface area contributed by atoms with Gasteiger partial charge in [0.1, 0.15) is 0 Å². The molecule has 1 aliphatic carbocycles. The molecule has 2 aliphatic rings. The van der Waals surface area contributed by atoms with Crippen LogP contribution in [-0.2, 0) is 0 Å². The number of nitrogens with zero attached hydrogens (tertiary/aromatic N) is 1. The maximum absolute atomic E-state index is 8.87. The summed E-state index contributed by atoms with van der Waals surface area (Å²) in [5.41, 5.74) is 6.94. The van der Waals surface area contributed by atoms with Gasteiger partial charge < -0.3 is 20.7 Å². The molecule has 1 heterocycles. The standard InChI is InChI=1S/C18H37BN2O2/c1-18(2)10-6-16(7-11-18)21-13-8-15(9-14-21)17(20)5-3-4-12-19(22)23/h15-17,22-23H,3-14,20H2,1-2H3. The van der Waals surface area contributed by atoms with E-state index in [0.29, 0.717) is 23.7 Å². The molecule has 1 aliphatic heterocycles. The molecule has 1 saturated carbocycles. The van der Waals surface area contributed by atoms with E-state index in [1.165, 1.54) is 51.6 Å². The Labute approximate surface area is 143 Å². The number of hydrogen-bond acceptors (Lipinski definition) is 4. The molecular formula is C18H37BN2O2. The summed E-state index contributed by atoms with van der Waals surface area (Å²) in [6, 6.07) is 1.10. The lowest BCUT2D eigenvalue weighted by Gasteiger charge is -2.43. The van der Waals surface area contributed by atoms with Crippen molar-refractivity contribution in [2.75, 3.05) is 13.1 Å². The lowest BCUT2D eigenvalue weighted by atomic mass is 9.74. The van der Waals surface area contributed by atoms with Crippen LogP contribution in [0, 0.1) is 11.3 Å². The minimum Gasteiger partial charge on any atom is -0.427 e. The molecule has 1 unspecified atom stereocenters. The van der Waals surface area contributed by atoms with E-state index < -0.39 is 7.12 Å². The Morgan fingerprint density at radius 2 is 1.70 bits per heavy atom. The van der Waals surface area contributed by atoms with Crippen molar-refractivity contribution in [3.8, 4) is 0 Å². The topological polar surface area (TPSA) is 69.7 Å². The van der Waals surface area contributed by atoms with E-state index in [1.54, 1.807) is 0 Å². The summed E-state index contributed by atoms with van der Waals surface area (Å²) in [6.45, 7) is 7.26. The molecule has 0 amide bonds. The minimum absolute atomic E-state index is 0.290. The smallest absolute Gasteiger partial charge is 0.427 e. The Morgan fingerprint density at radius 3 is 2.26 bits per heavy atom. The molecule has 23 heavy (non-hydrogen) atoms. The average molecular weight is 324 g/mol. The summed E-state index contributed by atoms with van der Waals surface area (Å²) >= 11 is 0. The van der Waals surface area contributed by atoms with Crippen molar-refractivity contribution in [3.05, 3.63) is 0 Å². The highest BCUT2D eigenvalue weighted by molar-refractivity contribution is 6.40. The van der Waals surface area contributed by atoms with Crippen LogP contribution in [0.25, 0.3) is 0 Å². The van der Waals surface area contributed by atoms with E-state index in [1.807, 2.05) is 0 Å². The second kappa shape index (κ2) is 8.84. The highest BCUT2D eigenvalue weighted by Gasteiger charge is 2.32. The van der Waals surface area contributed by atoms with Gasteiger partial charge in [0, 0.05) is 12.1 Å². The first-order chi connectivity index (χ1) is 10.9. The zero-order chi connectivity index (χ0) is 16.9. The van der Waals surface area contributed by atoms with Crippen LogP contribution in [-0.4, -0.2) is 47.2 Å². The number of piperidine rings is 1. The zero-order valence-corrected chi connectivity index (χ0v) is 15.2. The number of hydrogen-bond donors (Lipinski definition) is 3. The number of rotatable bonds is 7. The first-order valence-corrected chi connectivity index (χ1v) is 9.73. The Morgan fingerprint density at radius 1 is 1.09 bits per heavy atom. The average Bonchev–Trinajstić information content (AvgIpc) is 2.51. The molecular weight excluding hydrogens is 287 g/mol. The first-order valence-electron chi connectivity index (χ1n) is 9.73. The van der Waals surface area contributed by atoms with Crippen LogP contribution in [0.5, 0.6) is 0 Å². The highest BCUT2D eigenvalue weighted by atomic mass is 16.4. The summed E-state index contributed by atoms with van der Waals surface area (Å²) in [5, 5.41) is 17.7. The monoisotopic (exact) mass is 324 g/mol. The summed E-state index contributed by atoms with van der Waals surface area (Å²) in [5.74, 6) is 0.658. The predicted molar refractivity (Wildman–Crippen MR) is 97.2 cm³/mol. The van der Waals surface area contributed by atoms with Gasteiger partial charge in [-0.25, -0.2) is 0 Å². The Balaban J connectivity index is 1.63. The van der Waals surface area contributed by atoms with E-state index in [4.69, 9.17) is 15.8 Å². The van der Waals surface area contributed by atoms with Gasteiger partial charge in [-0.1, -0.05) is 26.7 Å². The summed E-state index contributed by atoms with van der Waals surface area (Å²) in [6.07, 6.45) is 11.3. The van der Waals surface area contributed by atoms with Gasteiger partial charge in [-0.2, -0.15) is 0 Å². The Hall–Kier alpha value is -0.0951. The van der Waals surface area contributed by atoms with Crippen molar-refractivity contribution in [3.63, 3.8) is 0 Å². The third-order valence-electron chi connectivity index (χ3n) is 6.25. The second-order valence-electron chi connectivity index (χ2n) is 8.70. The molecule has 2 fully saturated rings. The summed E-state index contributed by atoms with van der Waals surface area (Å²) < 4.78 is 0. The Kier molecular flexibility index (Phi) is 7.39. The molecule has 0 radical (unpaired) electrons. The van der Waals surface area contributed by atoms with Crippen LogP contribution in [0.1, 0.15) is 71.6 Å². The molecule has 0 bridgehead atoms. The van der Waals surface area contributed by atoms with Crippen molar-refractivity contribution in [1.29, 1.82) is 0 Å². The third-order valence-corrected chi connectivity index (χ3v) is 6.25. The van der Waals surface area contributed by atoms with Crippen LogP contribution >= 0.6 is 0 Å². The van der Waals surface area contributed by atoms with Gasteiger partial charge in [0.15, 0.2) is 0 Å². The lowest BCUT2D eigenvalue weighted by molar-refractivity contribution is 0.0703. The largest absolute Gasteiger partial charge is 0.451 e. The van der Waals surface area contributed by atoms with Crippen LogP contribution in [0.4, 0.5) is 0 Å². The third kappa shape index (κ3) is 6.37. The molecule has 0 aromatic carbocycles. The number of nitrogens with two attached hydrogens (primary N) is 1. The number of unbranched alkanes of at least 4 members (excludes halogenated alkanes) is 1. The van der Waals surface area contributed by atoms with Gasteiger partial charge in [-0.05, 0) is 75.7 Å². The quantitative estimate of drug-likeness (QED) is 0.497. The molecule has 4 N–H and O–H groups in total. The van der Waals surface area contributed by atoms with E-state index in [0.717, 1.165) is 25.3 Å². The predicted octanol–water partition coefficient (Wildman–Crippen LogP) is 2.64. The molecule has 0 aromatic rings. The SMILES string of the molecule is CC1(C)CCC(N2CCC(C(N)CCCCB(O)O)CC2)CC1. The molecule has 4 nitrogen and oxygen atoms in total. The molecule has 0 aromatic heterocycles. The molecule has 2 rings (SSSR count). The molecule has 134 valence electrons. The normalized spacial score (nSPS) is 25.4. The fourth-order valence-corrected chi connectivity index (χ4v) is 4.40. The highest BCUT2D eigenvalue weighted by Crippen LogP contribution is 2.38. The van der Waals surface area contributed by atoms with E-state index in [9.17, 15) is 0 Å². The van der Waals surface area contributed by atoms with Crippen molar-refractivity contribution in [2.45, 2.75) is 90.0 Å². The minimum atomic E-state index is -1.16. The van der Waals surface area contributed by atoms with Gasteiger partial charge >= 0.3 is 7.12 Å². The van der Waals surface area contributed by atoms with Gasteiger partial charge in [0.2, 0.25) is 0 Å². The zero-order valence-electron chi connectivity index (χ0n) is 15.2. The fourth-order valence-electron chi connectivity index (χ4n) is 4.40. The Bertz CT molecular complexity index is 334. The van der Waals surface area contributed by atoms with Crippen molar-refractivity contribution < 1.29 is 10.0 Å². The molecule has 1 atom stereocenters. The van der Waals surface area contributed by atoms with Crippen molar-refractivity contribution in [1.82, 2.24) is 4.90 Å². The van der Waals surface area contributed by atoms with Gasteiger partial charge in [-0.15, -0.1) is 0 Å². The van der Waals surface area contributed by atoms with Crippen LogP contribution < -0.4 is 5.73 Å². The van der Waals surface area contributed by atoms with Gasteiger partial charge in [0.25, 0.3) is 0 Å². The summed E-state index contributed by atoms with van der Waals surface area (Å²) in [4.78, 5) is 2.72. The summed E-state index contributed by atoms with van der Waals surface area (Å²) in [7, 11) is -1.16. The van der Waals surface area contributed by atoms with Crippen LogP contribution in [0.15, 0.2) is 0 Å². The second-order valence-corrected chi connectivity index (χ2v) is 8.70. The van der Waals surface area contributed by atoms with Crippen LogP contribution in [0.3, 0.4) is 0 Å². The van der Waals surface area contributed by atoms with Crippen LogP contribution in [0.2, 0.25) is 6.32 Å². The van der Waals surface area contributed by atoms with E-state index in [-0.39, 0.29) is 0 Å². The van der Waals surface area contributed by atoms with Gasteiger partial charge in [0.05, 0.1) is 0 Å². The van der Waals surface area contributed by atoms with Crippen molar-refractivity contribution >= 4 is 7.12 Å². The molecule has 0 spiro atoms. The maximum atomic E-state index is 8.87. The molecule has 5 heteroatoms. The van der Waals surface area contributed by atoms with Crippen molar-refractivity contribution in [2.24, 2.45) is 17.1 Å². The maximum Gasteiger partial charge on any atom is 0.451 e. The lowest BCUT2D eigenvalue weighted by Crippen LogP contribution is -2.46. The van der Waals surface area contributed by atoms with E-state index in [2.05, 4.69) is 18.7 Å². The first kappa shape index (κ1) is 19.2. The molecule has 1 saturated heterocycles. The van der Waals surface area contributed by atoms with Gasteiger partial charge in [-0.3, -0.25) is 0 Å². The number of likely N-dealkylation sites (tertiary alicyclic amines) is 1. The van der Waals surface area contributed by atoms with E-state index >= 15 is 0 Å².